The number of carbonyl (C=O) groups is 1. The summed E-state index contributed by atoms with van der Waals surface area (Å²) >= 11 is 1.61. The van der Waals surface area contributed by atoms with Crippen LogP contribution in [0.2, 0.25) is 0 Å². The van der Waals surface area contributed by atoms with Crippen molar-refractivity contribution in [2.75, 3.05) is 5.75 Å². The molecular weight excluding hydrogens is 574 g/mol. The summed E-state index contributed by atoms with van der Waals surface area (Å²) in [7, 11) is 1.93. The van der Waals surface area contributed by atoms with Crippen LogP contribution in [0, 0.1) is 0 Å². The van der Waals surface area contributed by atoms with Crippen LogP contribution in [0.5, 0.6) is 0 Å². The lowest BCUT2D eigenvalue weighted by Gasteiger charge is -2.36. The van der Waals surface area contributed by atoms with Crippen molar-refractivity contribution in [1.29, 1.82) is 0 Å². The summed E-state index contributed by atoms with van der Waals surface area (Å²) in [6, 6.07) is 27.6. The van der Waals surface area contributed by atoms with Gasteiger partial charge >= 0.3 is 0 Å². The van der Waals surface area contributed by atoms with Crippen LogP contribution in [-0.2, 0) is 29.7 Å². The van der Waals surface area contributed by atoms with Crippen molar-refractivity contribution in [3.05, 3.63) is 131 Å². The van der Waals surface area contributed by atoms with E-state index in [4.69, 9.17) is 9.47 Å². The van der Waals surface area contributed by atoms with E-state index in [-0.39, 0.29) is 24.7 Å². The number of amides is 1. The highest BCUT2D eigenvalue weighted by Gasteiger charge is 2.32. The lowest BCUT2D eigenvalue weighted by Crippen LogP contribution is -2.31. The zero-order chi connectivity index (χ0) is 30.3. The molecule has 6 rings (SSSR count). The number of benzene rings is 3. The molecule has 1 aliphatic heterocycles. The Morgan fingerprint density at radius 1 is 1.00 bits per heavy atom. The Bertz CT molecular complexity index is 1680. The highest BCUT2D eigenvalue weighted by Crippen LogP contribution is 2.40. The van der Waals surface area contributed by atoms with Crippen molar-refractivity contribution >= 4 is 17.7 Å². The van der Waals surface area contributed by atoms with Gasteiger partial charge < -0.3 is 24.5 Å². The minimum absolute atomic E-state index is 0.000852. The maximum Gasteiger partial charge on any atom is 0.253 e. The number of hydrogen-bond acceptors (Lipinski definition) is 8. The monoisotopic (exact) mass is 607 g/mol. The van der Waals surface area contributed by atoms with Gasteiger partial charge in [0.05, 0.1) is 24.4 Å². The summed E-state index contributed by atoms with van der Waals surface area (Å²) in [6.45, 7) is 0.392. The summed E-state index contributed by atoms with van der Waals surface area (Å²) < 4.78 is 14.9. The SMILES string of the molecule is Cn1cnnc1SC[C@H]1C[C@@H](c2ccc(CO)cc2)O[C@@H](c2ccc(-c3ccccc3CNC(=O)c3cccnc3)cc2)O1. The first-order valence-electron chi connectivity index (χ1n) is 14.4. The van der Waals surface area contributed by atoms with Gasteiger partial charge in [-0.05, 0) is 39.9 Å². The van der Waals surface area contributed by atoms with Crippen molar-refractivity contribution in [1.82, 2.24) is 25.1 Å². The van der Waals surface area contributed by atoms with Gasteiger partial charge in [0.1, 0.15) is 6.33 Å². The summed E-state index contributed by atoms with van der Waals surface area (Å²) in [5.41, 5.74) is 6.42. The van der Waals surface area contributed by atoms with E-state index in [1.165, 1.54) is 0 Å². The largest absolute Gasteiger partial charge is 0.392 e. The van der Waals surface area contributed by atoms with E-state index in [9.17, 15) is 9.90 Å². The Morgan fingerprint density at radius 2 is 1.80 bits per heavy atom. The number of ether oxygens (including phenoxy) is 2. The number of pyridine rings is 1. The predicted octanol–water partition coefficient (Wildman–Crippen LogP) is 5.64. The van der Waals surface area contributed by atoms with Gasteiger partial charge in [-0.1, -0.05) is 84.6 Å². The molecule has 2 aromatic heterocycles. The Balaban J connectivity index is 1.19. The first kappa shape index (κ1) is 29.7. The van der Waals surface area contributed by atoms with Gasteiger partial charge in [-0.2, -0.15) is 0 Å². The molecule has 2 N–H and O–H groups in total. The minimum Gasteiger partial charge on any atom is -0.392 e. The fourth-order valence-electron chi connectivity index (χ4n) is 5.14. The normalized spacial score (nSPS) is 18.2. The summed E-state index contributed by atoms with van der Waals surface area (Å²) in [4.78, 5) is 16.6. The van der Waals surface area contributed by atoms with Crippen LogP contribution in [-0.4, -0.2) is 42.6 Å². The van der Waals surface area contributed by atoms with E-state index in [0.717, 1.165) is 38.5 Å². The molecule has 3 heterocycles. The third-order valence-corrected chi connectivity index (χ3v) is 8.72. The molecule has 0 bridgehead atoms. The molecule has 1 fully saturated rings. The van der Waals surface area contributed by atoms with Gasteiger partial charge in [0.15, 0.2) is 11.4 Å². The van der Waals surface area contributed by atoms with Crippen LogP contribution in [0.3, 0.4) is 0 Å². The maximum atomic E-state index is 12.6. The van der Waals surface area contributed by atoms with Crippen LogP contribution in [0.4, 0.5) is 0 Å². The highest BCUT2D eigenvalue weighted by atomic mass is 32.2. The number of rotatable bonds is 10. The number of nitrogens with zero attached hydrogens (tertiary/aromatic N) is 4. The Kier molecular flexibility index (Phi) is 9.43. The lowest BCUT2D eigenvalue weighted by atomic mass is 9.97. The molecule has 1 aliphatic rings. The van der Waals surface area contributed by atoms with Crippen LogP contribution >= 0.6 is 11.8 Å². The van der Waals surface area contributed by atoms with E-state index in [2.05, 4.69) is 38.7 Å². The van der Waals surface area contributed by atoms with Gasteiger partial charge in [-0.3, -0.25) is 9.78 Å². The average Bonchev–Trinajstić information content (AvgIpc) is 3.51. The van der Waals surface area contributed by atoms with Gasteiger partial charge in [-0.15, -0.1) is 10.2 Å². The standard InChI is InChI=1S/C34H33N5O4S/c1-39-22-37-38-34(39)44-21-29-17-31(25-10-8-23(20-40)9-11-25)43-33(42-29)26-14-12-24(13-15-26)30-7-3-2-5-27(30)19-36-32(41)28-6-4-16-35-18-28/h2-16,18,22,29,31,33,40H,17,19-21H2,1H3,(H,36,41)/t29-,31+,33+/m1/s1. The Morgan fingerprint density at radius 3 is 2.52 bits per heavy atom. The molecule has 9 nitrogen and oxygen atoms in total. The second-order valence-corrected chi connectivity index (χ2v) is 11.6. The molecule has 0 radical (unpaired) electrons. The van der Waals surface area contributed by atoms with Gasteiger partial charge in [0.25, 0.3) is 5.91 Å². The zero-order valence-corrected chi connectivity index (χ0v) is 25.1. The van der Waals surface area contributed by atoms with Crippen LogP contribution < -0.4 is 5.32 Å². The molecule has 44 heavy (non-hydrogen) atoms. The first-order valence-corrected chi connectivity index (χ1v) is 15.4. The van der Waals surface area contributed by atoms with E-state index in [1.54, 1.807) is 42.6 Å². The van der Waals surface area contributed by atoms with E-state index in [1.807, 2.05) is 66.2 Å². The number of aryl methyl sites for hydroxylation is 1. The number of hydrogen-bond donors (Lipinski definition) is 2. The topological polar surface area (TPSA) is 111 Å². The van der Waals surface area contributed by atoms with Crippen molar-refractivity contribution in [2.24, 2.45) is 7.05 Å². The molecule has 0 saturated carbocycles. The second kappa shape index (κ2) is 14.0. The Hall–Kier alpha value is -4.35. The molecule has 0 unspecified atom stereocenters. The van der Waals surface area contributed by atoms with E-state index in [0.29, 0.717) is 24.3 Å². The fourth-order valence-corrected chi connectivity index (χ4v) is 6.05. The third-order valence-electron chi connectivity index (χ3n) is 7.56. The van der Waals surface area contributed by atoms with Gasteiger partial charge in [0.2, 0.25) is 0 Å². The van der Waals surface area contributed by atoms with E-state index < -0.39 is 6.29 Å². The number of aliphatic hydroxyl groups is 1. The summed E-state index contributed by atoms with van der Waals surface area (Å²) in [5, 5.41) is 21.5. The lowest BCUT2D eigenvalue weighted by molar-refractivity contribution is -0.245. The molecule has 5 aromatic rings. The smallest absolute Gasteiger partial charge is 0.253 e. The van der Waals surface area contributed by atoms with E-state index >= 15 is 0 Å². The molecule has 1 amide bonds. The number of aromatic nitrogens is 4. The summed E-state index contributed by atoms with van der Waals surface area (Å²) in [5.74, 6) is 0.538. The van der Waals surface area contributed by atoms with Crippen molar-refractivity contribution in [3.8, 4) is 11.1 Å². The molecular formula is C34H33N5O4S. The quantitative estimate of drug-likeness (QED) is 0.196. The third kappa shape index (κ3) is 7.06. The molecule has 0 aliphatic carbocycles. The minimum atomic E-state index is -0.556. The number of nitrogens with one attached hydrogen (secondary N) is 1. The molecule has 224 valence electrons. The molecule has 10 heteroatoms. The van der Waals surface area contributed by atoms with Crippen LogP contribution in [0.1, 0.15) is 51.4 Å². The predicted molar refractivity (Wildman–Crippen MR) is 167 cm³/mol. The summed E-state index contributed by atoms with van der Waals surface area (Å²) in [6.07, 6.45) is 4.78. The molecule has 3 aromatic carbocycles. The van der Waals surface area contributed by atoms with Crippen molar-refractivity contribution < 1.29 is 19.4 Å². The number of aliphatic hydroxyl groups excluding tert-OH is 1. The average molecular weight is 608 g/mol. The fraction of sp³-hybridized carbons (Fsp3) is 0.235. The molecule has 0 spiro atoms. The Labute approximate surface area is 260 Å². The first-order chi connectivity index (χ1) is 21.6. The van der Waals surface area contributed by atoms with Crippen molar-refractivity contribution in [3.63, 3.8) is 0 Å². The number of carbonyl (C=O) groups excluding carboxylic acids is 1. The van der Waals surface area contributed by atoms with Gasteiger partial charge in [-0.25, -0.2) is 0 Å². The zero-order valence-electron chi connectivity index (χ0n) is 24.2. The van der Waals surface area contributed by atoms with Crippen molar-refractivity contribution in [2.45, 2.75) is 43.2 Å². The van der Waals surface area contributed by atoms with Crippen LogP contribution in [0.15, 0.2) is 109 Å². The van der Waals surface area contributed by atoms with Crippen LogP contribution in [0.25, 0.3) is 11.1 Å². The number of thioether (sulfide) groups is 1. The van der Waals surface area contributed by atoms with Gasteiger partial charge in [0, 0.05) is 43.7 Å². The molecule has 3 atom stereocenters. The highest BCUT2D eigenvalue weighted by molar-refractivity contribution is 7.99. The maximum absolute atomic E-state index is 12.6. The molecule has 1 saturated heterocycles. The second-order valence-electron chi connectivity index (χ2n) is 10.6.